The Hall–Kier alpha value is -3.29. The standard InChI is InChI=1S/C15H12N2O6/c1-10-11(3-2-4-14(10)17(21)22)9-23-15-6-5-13(16(19)20)7-12(15)8-18/h2-8H,9H2,1H3. The largest absolute Gasteiger partial charge is 0.488 e. The van der Waals surface area contributed by atoms with Crippen LogP contribution >= 0.6 is 0 Å². The third-order valence-electron chi connectivity index (χ3n) is 3.33. The topological polar surface area (TPSA) is 113 Å². The van der Waals surface area contributed by atoms with Gasteiger partial charge in [-0.1, -0.05) is 12.1 Å². The molecule has 2 aromatic rings. The first-order valence-corrected chi connectivity index (χ1v) is 6.53. The van der Waals surface area contributed by atoms with E-state index < -0.39 is 9.85 Å². The third kappa shape index (κ3) is 3.49. The first-order valence-electron chi connectivity index (χ1n) is 6.53. The molecule has 0 aliphatic carbocycles. The van der Waals surface area contributed by atoms with Crippen LogP contribution in [0.4, 0.5) is 11.4 Å². The Labute approximate surface area is 130 Å². The van der Waals surface area contributed by atoms with E-state index in [0.29, 0.717) is 17.4 Å². The number of benzene rings is 2. The average molecular weight is 316 g/mol. The normalized spacial score (nSPS) is 10.1. The fourth-order valence-electron chi connectivity index (χ4n) is 2.05. The Morgan fingerprint density at radius 3 is 2.48 bits per heavy atom. The van der Waals surface area contributed by atoms with Gasteiger partial charge in [-0.15, -0.1) is 0 Å². The van der Waals surface area contributed by atoms with Crippen LogP contribution in [0.1, 0.15) is 21.5 Å². The lowest BCUT2D eigenvalue weighted by Crippen LogP contribution is -2.02. The summed E-state index contributed by atoms with van der Waals surface area (Å²) < 4.78 is 5.49. The van der Waals surface area contributed by atoms with Gasteiger partial charge in [-0.3, -0.25) is 25.0 Å². The van der Waals surface area contributed by atoms with Crippen LogP contribution in [0, 0.1) is 27.2 Å². The van der Waals surface area contributed by atoms with Crippen molar-refractivity contribution < 1.29 is 19.4 Å². The van der Waals surface area contributed by atoms with E-state index in [4.69, 9.17) is 4.74 Å². The van der Waals surface area contributed by atoms with Crippen molar-refractivity contribution in [3.63, 3.8) is 0 Å². The number of rotatable bonds is 6. The summed E-state index contributed by atoms with van der Waals surface area (Å²) in [5, 5.41) is 21.6. The number of aldehydes is 1. The summed E-state index contributed by atoms with van der Waals surface area (Å²) in [5.74, 6) is 0.177. The third-order valence-corrected chi connectivity index (χ3v) is 3.33. The number of nitro benzene ring substituents is 2. The average Bonchev–Trinajstić information content (AvgIpc) is 2.53. The molecular formula is C15H12N2O6. The molecule has 0 saturated heterocycles. The number of ether oxygens (including phenoxy) is 1. The lowest BCUT2D eigenvalue weighted by molar-refractivity contribution is -0.385. The van der Waals surface area contributed by atoms with Gasteiger partial charge in [-0.25, -0.2) is 0 Å². The van der Waals surface area contributed by atoms with Crippen LogP contribution in [-0.4, -0.2) is 16.1 Å². The Kier molecular flexibility index (Phi) is 4.65. The fraction of sp³-hybridized carbons (Fsp3) is 0.133. The second kappa shape index (κ2) is 6.65. The van der Waals surface area contributed by atoms with E-state index in [1.165, 1.54) is 18.2 Å². The second-order valence-electron chi connectivity index (χ2n) is 4.70. The van der Waals surface area contributed by atoms with Gasteiger partial charge in [0.05, 0.1) is 15.4 Å². The Balaban J connectivity index is 2.25. The summed E-state index contributed by atoms with van der Waals surface area (Å²) in [6.07, 6.45) is 0.461. The van der Waals surface area contributed by atoms with Crippen molar-refractivity contribution in [1.29, 1.82) is 0 Å². The Morgan fingerprint density at radius 1 is 1.13 bits per heavy atom. The Morgan fingerprint density at radius 2 is 1.87 bits per heavy atom. The monoisotopic (exact) mass is 316 g/mol. The number of nitrogens with zero attached hydrogens (tertiary/aromatic N) is 2. The molecule has 23 heavy (non-hydrogen) atoms. The highest BCUT2D eigenvalue weighted by Gasteiger charge is 2.15. The summed E-state index contributed by atoms with van der Waals surface area (Å²) in [6.45, 7) is 1.61. The predicted molar refractivity (Wildman–Crippen MR) is 80.6 cm³/mol. The van der Waals surface area contributed by atoms with E-state index in [0.717, 1.165) is 6.07 Å². The van der Waals surface area contributed by atoms with Gasteiger partial charge in [0, 0.05) is 23.8 Å². The summed E-state index contributed by atoms with van der Waals surface area (Å²) in [7, 11) is 0. The van der Waals surface area contributed by atoms with Crippen LogP contribution in [0.15, 0.2) is 36.4 Å². The number of hydrogen-bond donors (Lipinski definition) is 0. The lowest BCUT2D eigenvalue weighted by Gasteiger charge is -2.10. The van der Waals surface area contributed by atoms with E-state index in [1.807, 2.05) is 0 Å². The summed E-state index contributed by atoms with van der Waals surface area (Å²) >= 11 is 0. The minimum Gasteiger partial charge on any atom is -0.488 e. The molecule has 0 bridgehead atoms. The van der Waals surface area contributed by atoms with Crippen molar-refractivity contribution in [1.82, 2.24) is 0 Å². The maximum absolute atomic E-state index is 11.0. The molecule has 2 rings (SSSR count). The highest BCUT2D eigenvalue weighted by atomic mass is 16.6. The molecule has 0 radical (unpaired) electrons. The highest BCUT2D eigenvalue weighted by molar-refractivity contribution is 5.80. The van der Waals surface area contributed by atoms with Crippen LogP contribution in [0.25, 0.3) is 0 Å². The molecule has 8 heteroatoms. The zero-order valence-corrected chi connectivity index (χ0v) is 12.1. The van der Waals surface area contributed by atoms with Crippen LogP contribution in [0.5, 0.6) is 5.75 Å². The van der Waals surface area contributed by atoms with E-state index in [2.05, 4.69) is 0 Å². The molecule has 0 saturated carbocycles. The molecule has 0 amide bonds. The van der Waals surface area contributed by atoms with E-state index >= 15 is 0 Å². The maximum Gasteiger partial charge on any atom is 0.272 e. The number of carbonyl (C=O) groups excluding carboxylic acids is 1. The molecule has 0 fully saturated rings. The summed E-state index contributed by atoms with van der Waals surface area (Å²) in [5.41, 5.74) is 0.861. The van der Waals surface area contributed by atoms with Crippen molar-refractivity contribution in [3.8, 4) is 5.75 Å². The zero-order valence-electron chi connectivity index (χ0n) is 12.1. The number of carbonyl (C=O) groups is 1. The molecule has 0 heterocycles. The SMILES string of the molecule is Cc1c(COc2ccc([N+](=O)[O-])cc2C=O)cccc1[N+](=O)[O-]. The van der Waals surface area contributed by atoms with Gasteiger partial charge >= 0.3 is 0 Å². The quantitative estimate of drug-likeness (QED) is 0.459. The minimum absolute atomic E-state index is 0.00612. The summed E-state index contributed by atoms with van der Waals surface area (Å²) in [4.78, 5) is 31.5. The van der Waals surface area contributed by atoms with Gasteiger partial charge < -0.3 is 4.74 Å². The molecule has 2 aromatic carbocycles. The van der Waals surface area contributed by atoms with Crippen LogP contribution in [0.2, 0.25) is 0 Å². The number of nitro groups is 2. The molecular weight excluding hydrogens is 304 g/mol. The van der Waals surface area contributed by atoms with Gasteiger partial charge in [-0.05, 0) is 18.6 Å². The lowest BCUT2D eigenvalue weighted by atomic mass is 10.1. The molecule has 0 atom stereocenters. The zero-order chi connectivity index (χ0) is 17.0. The number of hydrogen-bond acceptors (Lipinski definition) is 6. The predicted octanol–water partition coefficient (Wildman–Crippen LogP) is 3.20. The Bertz CT molecular complexity index is 788. The van der Waals surface area contributed by atoms with Crippen LogP contribution < -0.4 is 4.74 Å². The van der Waals surface area contributed by atoms with Crippen molar-refractivity contribution in [3.05, 3.63) is 73.3 Å². The van der Waals surface area contributed by atoms with Gasteiger partial charge in [0.25, 0.3) is 11.4 Å². The molecule has 0 N–H and O–H groups in total. The molecule has 0 spiro atoms. The first kappa shape index (κ1) is 16.1. The molecule has 0 aromatic heterocycles. The van der Waals surface area contributed by atoms with Crippen LogP contribution in [0.3, 0.4) is 0 Å². The second-order valence-corrected chi connectivity index (χ2v) is 4.70. The highest BCUT2D eigenvalue weighted by Crippen LogP contribution is 2.26. The number of non-ortho nitro benzene ring substituents is 1. The maximum atomic E-state index is 11.0. The van der Waals surface area contributed by atoms with E-state index in [-0.39, 0.29) is 29.3 Å². The summed E-state index contributed by atoms with van der Waals surface area (Å²) in [6, 6.07) is 8.27. The van der Waals surface area contributed by atoms with Gasteiger partial charge in [0.1, 0.15) is 12.4 Å². The smallest absolute Gasteiger partial charge is 0.272 e. The fourth-order valence-corrected chi connectivity index (χ4v) is 2.05. The molecule has 0 unspecified atom stereocenters. The van der Waals surface area contributed by atoms with E-state index in [1.54, 1.807) is 19.1 Å². The van der Waals surface area contributed by atoms with Gasteiger partial charge in [0.15, 0.2) is 6.29 Å². The molecule has 118 valence electrons. The molecule has 0 aliphatic rings. The van der Waals surface area contributed by atoms with Crippen LogP contribution in [-0.2, 0) is 6.61 Å². The molecule has 8 nitrogen and oxygen atoms in total. The molecule has 0 aliphatic heterocycles. The van der Waals surface area contributed by atoms with Gasteiger partial charge in [-0.2, -0.15) is 0 Å². The first-order chi connectivity index (χ1) is 10.9. The van der Waals surface area contributed by atoms with Crippen molar-refractivity contribution in [2.75, 3.05) is 0 Å². The minimum atomic E-state index is -0.610. The van der Waals surface area contributed by atoms with Crippen molar-refractivity contribution >= 4 is 17.7 Å². The van der Waals surface area contributed by atoms with E-state index in [9.17, 15) is 25.0 Å². The van der Waals surface area contributed by atoms with Gasteiger partial charge in [0.2, 0.25) is 0 Å². The van der Waals surface area contributed by atoms with Crippen molar-refractivity contribution in [2.45, 2.75) is 13.5 Å². The van der Waals surface area contributed by atoms with Crippen molar-refractivity contribution in [2.24, 2.45) is 0 Å².